The smallest absolute Gasteiger partial charge is 0.271 e. The van der Waals surface area contributed by atoms with Crippen LogP contribution >= 0.6 is 0 Å². The lowest BCUT2D eigenvalue weighted by Gasteiger charge is -2.10. The average molecular weight is 312 g/mol. The first-order valence-corrected chi connectivity index (χ1v) is 7.44. The summed E-state index contributed by atoms with van der Waals surface area (Å²) < 4.78 is 10.9. The lowest BCUT2D eigenvalue weighted by molar-refractivity contribution is 0.0955. The molecule has 0 radical (unpaired) electrons. The van der Waals surface area contributed by atoms with Crippen LogP contribution in [0.2, 0.25) is 0 Å². The first kappa shape index (κ1) is 16.5. The predicted octanol–water partition coefficient (Wildman–Crippen LogP) is 3.25. The Morgan fingerprint density at radius 3 is 2.65 bits per heavy atom. The van der Waals surface area contributed by atoms with Gasteiger partial charge in [-0.15, -0.1) is 0 Å². The average Bonchev–Trinajstić information content (AvgIpc) is 2.60. The van der Waals surface area contributed by atoms with E-state index in [1.165, 1.54) is 0 Å². The highest BCUT2D eigenvalue weighted by Crippen LogP contribution is 2.27. The Morgan fingerprint density at radius 1 is 1.17 bits per heavy atom. The van der Waals surface area contributed by atoms with Gasteiger partial charge in [-0.3, -0.25) is 4.79 Å². The molecule has 2 rings (SSSR count). The van der Waals surface area contributed by atoms with Gasteiger partial charge >= 0.3 is 0 Å². The third-order valence-electron chi connectivity index (χ3n) is 3.07. The van der Waals surface area contributed by atoms with Gasteiger partial charge < -0.3 is 9.47 Å². The molecule has 2 aromatic rings. The SMILES string of the molecule is CCCOc1cc(/C=N\NC(=O)c2ccccc2)ccc1OC. The highest BCUT2D eigenvalue weighted by molar-refractivity contribution is 5.94. The Labute approximate surface area is 135 Å². The lowest BCUT2D eigenvalue weighted by Crippen LogP contribution is -2.17. The molecule has 0 fully saturated rings. The van der Waals surface area contributed by atoms with E-state index < -0.39 is 0 Å². The largest absolute Gasteiger partial charge is 0.493 e. The summed E-state index contributed by atoms with van der Waals surface area (Å²) in [5.74, 6) is 1.08. The summed E-state index contributed by atoms with van der Waals surface area (Å²) in [6, 6.07) is 14.4. The minimum Gasteiger partial charge on any atom is -0.493 e. The van der Waals surface area contributed by atoms with Crippen LogP contribution in [0.15, 0.2) is 53.6 Å². The monoisotopic (exact) mass is 312 g/mol. The summed E-state index contributed by atoms with van der Waals surface area (Å²) in [5.41, 5.74) is 3.87. The van der Waals surface area contributed by atoms with Crippen molar-refractivity contribution in [3.8, 4) is 11.5 Å². The molecule has 0 spiro atoms. The Hall–Kier alpha value is -2.82. The van der Waals surface area contributed by atoms with Gasteiger partial charge in [0.05, 0.1) is 19.9 Å². The molecule has 0 aliphatic carbocycles. The van der Waals surface area contributed by atoms with Gasteiger partial charge in [0.15, 0.2) is 11.5 Å². The van der Waals surface area contributed by atoms with Crippen molar-refractivity contribution in [1.29, 1.82) is 0 Å². The van der Waals surface area contributed by atoms with Crippen LogP contribution in [0.4, 0.5) is 0 Å². The molecule has 0 bridgehead atoms. The Bertz CT molecular complexity index is 669. The second-order valence-corrected chi connectivity index (χ2v) is 4.82. The molecule has 0 aliphatic heterocycles. The van der Waals surface area contributed by atoms with E-state index in [4.69, 9.17) is 9.47 Å². The standard InChI is InChI=1S/C18H20N2O3/c1-3-11-23-17-12-14(9-10-16(17)22-2)13-19-20-18(21)15-7-5-4-6-8-15/h4-10,12-13H,3,11H2,1-2H3,(H,20,21)/b19-13-. The van der Waals surface area contributed by atoms with Crippen LogP contribution in [0.3, 0.4) is 0 Å². The van der Waals surface area contributed by atoms with Crippen LogP contribution in [-0.2, 0) is 0 Å². The minimum absolute atomic E-state index is 0.252. The van der Waals surface area contributed by atoms with Crippen LogP contribution in [-0.4, -0.2) is 25.8 Å². The second-order valence-electron chi connectivity index (χ2n) is 4.82. The topological polar surface area (TPSA) is 59.9 Å². The molecule has 2 aromatic carbocycles. The number of rotatable bonds is 7. The summed E-state index contributed by atoms with van der Waals surface area (Å²) >= 11 is 0. The zero-order valence-corrected chi connectivity index (χ0v) is 13.3. The van der Waals surface area contributed by atoms with Gasteiger partial charge in [0, 0.05) is 5.56 Å². The summed E-state index contributed by atoms with van der Waals surface area (Å²) in [5, 5.41) is 3.97. The molecular formula is C18H20N2O3. The molecule has 5 heteroatoms. The van der Waals surface area contributed by atoms with Crippen LogP contribution in [0.25, 0.3) is 0 Å². The molecule has 0 aliphatic rings. The molecule has 0 saturated heterocycles. The number of nitrogens with zero attached hydrogens (tertiary/aromatic N) is 1. The van der Waals surface area contributed by atoms with E-state index in [-0.39, 0.29) is 5.91 Å². The molecule has 0 heterocycles. The van der Waals surface area contributed by atoms with Crippen LogP contribution in [0.1, 0.15) is 29.3 Å². The Balaban J connectivity index is 2.03. The van der Waals surface area contributed by atoms with E-state index >= 15 is 0 Å². The van der Waals surface area contributed by atoms with Crippen molar-refractivity contribution in [2.45, 2.75) is 13.3 Å². The Kier molecular flexibility index (Phi) is 6.17. The van der Waals surface area contributed by atoms with Crippen molar-refractivity contribution in [1.82, 2.24) is 5.43 Å². The Morgan fingerprint density at radius 2 is 1.96 bits per heavy atom. The van der Waals surface area contributed by atoms with Gasteiger partial charge in [0.2, 0.25) is 0 Å². The van der Waals surface area contributed by atoms with E-state index in [2.05, 4.69) is 10.5 Å². The first-order chi connectivity index (χ1) is 11.2. The van der Waals surface area contributed by atoms with Gasteiger partial charge in [0.1, 0.15) is 0 Å². The molecule has 0 unspecified atom stereocenters. The maximum Gasteiger partial charge on any atom is 0.271 e. The number of methoxy groups -OCH3 is 1. The fraction of sp³-hybridized carbons (Fsp3) is 0.222. The number of carbonyl (C=O) groups excluding carboxylic acids is 1. The number of ether oxygens (including phenoxy) is 2. The molecule has 0 aromatic heterocycles. The van der Waals surface area contributed by atoms with Crippen LogP contribution in [0, 0.1) is 0 Å². The fourth-order valence-corrected chi connectivity index (χ4v) is 1.92. The molecule has 0 saturated carbocycles. The third kappa shape index (κ3) is 4.85. The zero-order chi connectivity index (χ0) is 16.5. The second kappa shape index (κ2) is 8.58. The van der Waals surface area contributed by atoms with Crippen molar-refractivity contribution in [2.24, 2.45) is 5.10 Å². The van der Waals surface area contributed by atoms with Crippen molar-refractivity contribution in [3.63, 3.8) is 0 Å². The number of nitrogens with one attached hydrogen (secondary N) is 1. The maximum absolute atomic E-state index is 11.9. The highest BCUT2D eigenvalue weighted by atomic mass is 16.5. The van der Waals surface area contributed by atoms with Crippen molar-refractivity contribution in [2.75, 3.05) is 13.7 Å². The first-order valence-electron chi connectivity index (χ1n) is 7.44. The van der Waals surface area contributed by atoms with E-state index in [0.717, 1.165) is 12.0 Å². The van der Waals surface area contributed by atoms with Crippen LogP contribution < -0.4 is 14.9 Å². The number of carbonyl (C=O) groups is 1. The number of benzene rings is 2. The van der Waals surface area contributed by atoms with E-state index in [0.29, 0.717) is 23.7 Å². The molecular weight excluding hydrogens is 292 g/mol. The fourth-order valence-electron chi connectivity index (χ4n) is 1.92. The number of hydrogen-bond donors (Lipinski definition) is 1. The quantitative estimate of drug-likeness (QED) is 0.630. The summed E-state index contributed by atoms with van der Waals surface area (Å²) in [6.45, 7) is 2.65. The number of hydrazone groups is 1. The lowest BCUT2D eigenvalue weighted by atomic mass is 10.2. The molecule has 0 atom stereocenters. The van der Waals surface area contributed by atoms with Crippen LogP contribution in [0.5, 0.6) is 11.5 Å². The van der Waals surface area contributed by atoms with Crippen molar-refractivity contribution < 1.29 is 14.3 Å². The molecule has 5 nitrogen and oxygen atoms in total. The van der Waals surface area contributed by atoms with Crippen molar-refractivity contribution in [3.05, 3.63) is 59.7 Å². The summed E-state index contributed by atoms with van der Waals surface area (Å²) in [4.78, 5) is 11.9. The maximum atomic E-state index is 11.9. The van der Waals surface area contributed by atoms with Gasteiger partial charge in [-0.05, 0) is 42.3 Å². The normalized spacial score (nSPS) is 10.5. The summed E-state index contributed by atoms with van der Waals surface area (Å²) in [7, 11) is 1.60. The summed E-state index contributed by atoms with van der Waals surface area (Å²) in [6.07, 6.45) is 2.48. The third-order valence-corrected chi connectivity index (χ3v) is 3.07. The van der Waals surface area contributed by atoms with Gasteiger partial charge in [-0.2, -0.15) is 5.10 Å². The predicted molar refractivity (Wildman–Crippen MR) is 90.3 cm³/mol. The van der Waals surface area contributed by atoms with E-state index in [1.54, 1.807) is 37.6 Å². The molecule has 1 N–H and O–H groups in total. The number of hydrogen-bond acceptors (Lipinski definition) is 4. The molecule has 23 heavy (non-hydrogen) atoms. The van der Waals surface area contributed by atoms with Gasteiger partial charge in [0.25, 0.3) is 5.91 Å². The van der Waals surface area contributed by atoms with E-state index in [9.17, 15) is 4.79 Å². The van der Waals surface area contributed by atoms with E-state index in [1.807, 2.05) is 31.2 Å². The zero-order valence-electron chi connectivity index (χ0n) is 13.3. The molecule has 1 amide bonds. The molecule has 120 valence electrons. The highest BCUT2D eigenvalue weighted by Gasteiger charge is 2.05. The number of amides is 1. The van der Waals surface area contributed by atoms with Gasteiger partial charge in [-0.25, -0.2) is 5.43 Å². The minimum atomic E-state index is -0.252. The van der Waals surface area contributed by atoms with Crippen molar-refractivity contribution >= 4 is 12.1 Å². The van der Waals surface area contributed by atoms with Gasteiger partial charge in [-0.1, -0.05) is 25.1 Å².